The van der Waals surface area contributed by atoms with E-state index in [1.54, 1.807) is 50.2 Å². The number of nitrogens with two attached hydrogens (primary N) is 1. The summed E-state index contributed by atoms with van der Waals surface area (Å²) < 4.78 is 30.1. The van der Waals surface area contributed by atoms with E-state index in [1.807, 2.05) is 0 Å². The number of halogens is 1. The van der Waals surface area contributed by atoms with Crippen molar-refractivity contribution in [3.05, 3.63) is 65.3 Å². The van der Waals surface area contributed by atoms with E-state index in [4.69, 9.17) is 19.9 Å². The van der Waals surface area contributed by atoms with Crippen LogP contribution in [0.5, 0.6) is 5.75 Å². The number of carbonyl (C=O) groups excluding carboxylic acids is 2. The summed E-state index contributed by atoms with van der Waals surface area (Å²) in [5, 5.41) is 0. The summed E-state index contributed by atoms with van der Waals surface area (Å²) in [5.41, 5.74) is 7.55. The second-order valence-corrected chi connectivity index (χ2v) is 6.39. The molecule has 1 unspecified atom stereocenters. The number of esters is 2. The molecule has 0 fully saturated rings. The van der Waals surface area contributed by atoms with Gasteiger partial charge in [-0.3, -0.25) is 4.79 Å². The SMILES string of the molecule is CCOC(=O)CC1C(C(=O)OCC)=C(N)Oc2ccc(-c3ccccc3F)cc21. The monoisotopic (exact) mass is 399 g/mol. The van der Waals surface area contributed by atoms with Crippen molar-refractivity contribution in [3.8, 4) is 16.9 Å². The Hall–Kier alpha value is -3.35. The van der Waals surface area contributed by atoms with Gasteiger partial charge in [0, 0.05) is 17.0 Å². The maximum absolute atomic E-state index is 14.3. The van der Waals surface area contributed by atoms with Gasteiger partial charge >= 0.3 is 11.9 Å². The maximum Gasteiger partial charge on any atom is 0.340 e. The van der Waals surface area contributed by atoms with Crippen LogP contribution in [-0.4, -0.2) is 25.2 Å². The molecule has 2 aromatic rings. The van der Waals surface area contributed by atoms with Crippen LogP contribution < -0.4 is 10.5 Å². The Labute approximate surface area is 168 Å². The first kappa shape index (κ1) is 20.4. The first-order chi connectivity index (χ1) is 14.0. The highest BCUT2D eigenvalue weighted by molar-refractivity contribution is 5.93. The topological polar surface area (TPSA) is 87.9 Å². The van der Waals surface area contributed by atoms with Crippen LogP contribution in [0.15, 0.2) is 53.9 Å². The summed E-state index contributed by atoms with van der Waals surface area (Å²) in [4.78, 5) is 24.7. The molecule has 0 saturated carbocycles. The molecule has 0 aromatic heterocycles. The average Bonchev–Trinajstić information content (AvgIpc) is 2.68. The predicted molar refractivity (Wildman–Crippen MR) is 104 cm³/mol. The van der Waals surface area contributed by atoms with E-state index in [2.05, 4.69) is 0 Å². The molecular weight excluding hydrogens is 377 g/mol. The molecule has 0 radical (unpaired) electrons. The van der Waals surface area contributed by atoms with Crippen molar-refractivity contribution in [2.24, 2.45) is 5.73 Å². The lowest BCUT2D eigenvalue weighted by Gasteiger charge is -2.28. The zero-order chi connectivity index (χ0) is 21.0. The minimum absolute atomic E-state index is 0.0538. The number of carbonyl (C=O) groups is 2. The van der Waals surface area contributed by atoms with Crippen molar-refractivity contribution in [1.82, 2.24) is 0 Å². The van der Waals surface area contributed by atoms with Crippen LogP contribution >= 0.6 is 0 Å². The third-order valence-electron chi connectivity index (χ3n) is 4.58. The molecule has 152 valence electrons. The molecule has 6 nitrogen and oxygen atoms in total. The molecule has 0 bridgehead atoms. The van der Waals surface area contributed by atoms with E-state index in [9.17, 15) is 14.0 Å². The Balaban J connectivity index is 2.10. The van der Waals surface area contributed by atoms with Gasteiger partial charge in [-0.15, -0.1) is 0 Å². The minimum atomic E-state index is -0.733. The van der Waals surface area contributed by atoms with E-state index in [-0.39, 0.29) is 36.9 Å². The highest BCUT2D eigenvalue weighted by atomic mass is 19.1. The van der Waals surface area contributed by atoms with Gasteiger partial charge in [0.05, 0.1) is 19.6 Å². The third kappa shape index (κ3) is 4.23. The number of benzene rings is 2. The molecule has 1 aliphatic rings. The highest BCUT2D eigenvalue weighted by Gasteiger charge is 2.36. The first-order valence-electron chi connectivity index (χ1n) is 9.35. The predicted octanol–water partition coefficient (Wildman–Crippen LogP) is 3.66. The number of hydrogen-bond acceptors (Lipinski definition) is 6. The molecule has 2 N–H and O–H groups in total. The normalized spacial score (nSPS) is 15.3. The number of ether oxygens (including phenoxy) is 3. The molecule has 1 heterocycles. The van der Waals surface area contributed by atoms with Crippen molar-refractivity contribution in [2.45, 2.75) is 26.2 Å². The van der Waals surface area contributed by atoms with Gasteiger partial charge in [0.25, 0.3) is 0 Å². The third-order valence-corrected chi connectivity index (χ3v) is 4.58. The molecule has 29 heavy (non-hydrogen) atoms. The van der Waals surface area contributed by atoms with Gasteiger partial charge in [-0.2, -0.15) is 0 Å². The second kappa shape index (κ2) is 8.77. The van der Waals surface area contributed by atoms with Crippen LogP contribution in [0.3, 0.4) is 0 Å². The van der Waals surface area contributed by atoms with Crippen molar-refractivity contribution in [3.63, 3.8) is 0 Å². The molecule has 0 amide bonds. The number of rotatable bonds is 6. The van der Waals surface area contributed by atoms with Crippen LogP contribution in [-0.2, 0) is 19.1 Å². The van der Waals surface area contributed by atoms with Gasteiger partial charge in [0.15, 0.2) is 0 Å². The molecule has 1 aliphatic heterocycles. The Morgan fingerprint density at radius 2 is 1.83 bits per heavy atom. The fourth-order valence-corrected chi connectivity index (χ4v) is 3.33. The number of hydrogen-bond donors (Lipinski definition) is 1. The van der Waals surface area contributed by atoms with E-state index in [0.717, 1.165) is 0 Å². The minimum Gasteiger partial charge on any atom is -0.466 e. The summed E-state index contributed by atoms with van der Waals surface area (Å²) in [6.45, 7) is 3.72. The lowest BCUT2D eigenvalue weighted by molar-refractivity contribution is -0.143. The maximum atomic E-state index is 14.3. The van der Waals surface area contributed by atoms with E-state index in [0.29, 0.717) is 22.4 Å². The standard InChI is InChI=1S/C22H22FNO5/c1-3-27-19(25)12-16-15-11-13(14-7-5-6-8-17(14)23)9-10-18(15)29-21(24)20(16)22(26)28-4-2/h5-11,16H,3-4,12,24H2,1-2H3. The van der Waals surface area contributed by atoms with E-state index < -0.39 is 17.9 Å². The largest absolute Gasteiger partial charge is 0.466 e. The van der Waals surface area contributed by atoms with Gasteiger partial charge in [0.2, 0.25) is 5.88 Å². The first-order valence-corrected chi connectivity index (χ1v) is 9.35. The van der Waals surface area contributed by atoms with E-state index >= 15 is 0 Å². The molecule has 0 saturated heterocycles. The lowest BCUT2D eigenvalue weighted by Crippen LogP contribution is -2.28. The van der Waals surface area contributed by atoms with E-state index in [1.165, 1.54) is 6.07 Å². The van der Waals surface area contributed by atoms with Crippen LogP contribution in [0.1, 0.15) is 31.7 Å². The molecule has 3 rings (SSSR count). The average molecular weight is 399 g/mol. The van der Waals surface area contributed by atoms with Crippen LogP contribution in [0.25, 0.3) is 11.1 Å². The Bertz CT molecular complexity index is 969. The Kier molecular flexibility index (Phi) is 6.16. The van der Waals surface area contributed by atoms with Crippen molar-refractivity contribution in [2.75, 3.05) is 13.2 Å². The molecule has 2 aromatic carbocycles. The van der Waals surface area contributed by atoms with Gasteiger partial charge < -0.3 is 19.9 Å². The smallest absolute Gasteiger partial charge is 0.340 e. The second-order valence-electron chi connectivity index (χ2n) is 6.39. The molecular formula is C22H22FNO5. The van der Waals surface area contributed by atoms with Crippen molar-refractivity contribution in [1.29, 1.82) is 0 Å². The quantitative estimate of drug-likeness (QED) is 0.746. The van der Waals surface area contributed by atoms with Crippen molar-refractivity contribution < 1.29 is 28.2 Å². The molecule has 0 aliphatic carbocycles. The van der Waals surface area contributed by atoms with Gasteiger partial charge in [-0.05, 0) is 37.6 Å². The summed E-state index contributed by atoms with van der Waals surface area (Å²) in [5.74, 6) is -2.00. The van der Waals surface area contributed by atoms with Gasteiger partial charge in [0.1, 0.15) is 17.1 Å². The fraction of sp³-hybridized carbons (Fsp3) is 0.273. The van der Waals surface area contributed by atoms with Gasteiger partial charge in [-0.25, -0.2) is 9.18 Å². The summed E-state index contributed by atoms with van der Waals surface area (Å²) in [6, 6.07) is 11.4. The molecule has 1 atom stereocenters. The summed E-state index contributed by atoms with van der Waals surface area (Å²) >= 11 is 0. The number of fused-ring (bicyclic) bond motifs is 1. The van der Waals surface area contributed by atoms with Gasteiger partial charge in [-0.1, -0.05) is 24.3 Å². The molecule has 7 heteroatoms. The summed E-state index contributed by atoms with van der Waals surface area (Å²) in [7, 11) is 0. The van der Waals surface area contributed by atoms with Crippen molar-refractivity contribution >= 4 is 11.9 Å². The molecule has 0 spiro atoms. The summed E-state index contributed by atoms with van der Waals surface area (Å²) in [6.07, 6.45) is -0.125. The van der Waals surface area contributed by atoms with Crippen LogP contribution in [0.2, 0.25) is 0 Å². The zero-order valence-electron chi connectivity index (χ0n) is 16.2. The zero-order valence-corrected chi connectivity index (χ0v) is 16.2. The highest BCUT2D eigenvalue weighted by Crippen LogP contribution is 2.42. The lowest BCUT2D eigenvalue weighted by atomic mass is 9.84. The Morgan fingerprint density at radius 3 is 2.52 bits per heavy atom. The Morgan fingerprint density at radius 1 is 1.10 bits per heavy atom. The van der Waals surface area contributed by atoms with Crippen LogP contribution in [0, 0.1) is 5.82 Å². The van der Waals surface area contributed by atoms with Crippen LogP contribution in [0.4, 0.5) is 4.39 Å². The fourth-order valence-electron chi connectivity index (χ4n) is 3.33.